The van der Waals surface area contributed by atoms with Crippen molar-refractivity contribution in [2.75, 3.05) is 18.0 Å². The molecule has 1 saturated heterocycles. The lowest BCUT2D eigenvalue weighted by Gasteiger charge is -2.14. The molecule has 1 fully saturated rings. The number of aromatic nitrogens is 1. The lowest BCUT2D eigenvalue weighted by molar-refractivity contribution is 0.145. The molecule has 0 saturated carbocycles. The van der Waals surface area contributed by atoms with Crippen molar-refractivity contribution in [3.05, 3.63) is 48.5 Å². The number of pyridine rings is 1. The normalized spacial score (nSPS) is 17.9. The van der Waals surface area contributed by atoms with E-state index in [1.807, 2.05) is 0 Å². The van der Waals surface area contributed by atoms with E-state index < -0.39 is 11.9 Å². The van der Waals surface area contributed by atoms with Crippen molar-refractivity contribution in [1.82, 2.24) is 4.98 Å². The van der Waals surface area contributed by atoms with Crippen LogP contribution in [0.25, 0.3) is 11.1 Å². The minimum Gasteiger partial charge on any atom is -0.443 e. The highest BCUT2D eigenvalue weighted by atomic mass is 19.1. The summed E-state index contributed by atoms with van der Waals surface area (Å²) in [4.78, 5) is 17.1. The van der Waals surface area contributed by atoms with E-state index in [2.05, 4.69) is 4.98 Å². The molecule has 1 aromatic carbocycles. The molecule has 0 radical (unpaired) electrons. The van der Waals surface area contributed by atoms with Gasteiger partial charge in [-0.3, -0.25) is 9.88 Å². The van der Waals surface area contributed by atoms with Crippen LogP contribution in [0.2, 0.25) is 0 Å². The SMILES string of the molecule is NCC1CN(c2ccc(-c3cccnc3)c(F)c2)C(=O)O1. The molecule has 2 N–H and O–H groups in total. The standard InChI is InChI=1S/C15H14FN3O2/c16-14-6-11(19-9-12(7-17)21-15(19)20)3-4-13(14)10-2-1-5-18-8-10/h1-6,8,12H,7,9,17H2. The fraction of sp³-hybridized carbons (Fsp3) is 0.200. The Balaban J connectivity index is 1.90. The molecule has 1 atom stereocenters. The van der Waals surface area contributed by atoms with Crippen LogP contribution >= 0.6 is 0 Å². The van der Waals surface area contributed by atoms with E-state index in [1.165, 1.54) is 11.0 Å². The molecular weight excluding hydrogens is 273 g/mol. The lowest BCUT2D eigenvalue weighted by Crippen LogP contribution is -2.27. The predicted octanol–water partition coefficient (Wildman–Crippen LogP) is 2.17. The van der Waals surface area contributed by atoms with Gasteiger partial charge in [-0.2, -0.15) is 0 Å². The lowest BCUT2D eigenvalue weighted by atomic mass is 10.1. The van der Waals surface area contributed by atoms with E-state index in [0.29, 0.717) is 23.4 Å². The van der Waals surface area contributed by atoms with Gasteiger partial charge in [0.1, 0.15) is 11.9 Å². The third kappa shape index (κ3) is 2.57. The Morgan fingerprint density at radius 1 is 1.43 bits per heavy atom. The summed E-state index contributed by atoms with van der Waals surface area (Å²) < 4.78 is 19.3. The molecule has 0 aliphatic carbocycles. The molecule has 3 rings (SSSR count). The number of hydrogen-bond donors (Lipinski definition) is 1. The summed E-state index contributed by atoms with van der Waals surface area (Å²) in [6, 6.07) is 8.16. The first-order valence-corrected chi connectivity index (χ1v) is 6.57. The van der Waals surface area contributed by atoms with Crippen molar-refractivity contribution in [3.63, 3.8) is 0 Å². The molecular formula is C15H14FN3O2. The molecule has 1 amide bonds. The number of amides is 1. The number of carbonyl (C=O) groups excluding carboxylic acids is 1. The Bertz CT molecular complexity index is 663. The Morgan fingerprint density at radius 3 is 2.90 bits per heavy atom. The van der Waals surface area contributed by atoms with Crippen LogP contribution in [0.15, 0.2) is 42.7 Å². The fourth-order valence-corrected chi connectivity index (χ4v) is 2.28. The van der Waals surface area contributed by atoms with E-state index in [-0.39, 0.29) is 12.6 Å². The van der Waals surface area contributed by atoms with Crippen molar-refractivity contribution in [2.45, 2.75) is 6.10 Å². The number of rotatable bonds is 3. The number of carbonyl (C=O) groups is 1. The first kappa shape index (κ1) is 13.5. The van der Waals surface area contributed by atoms with Gasteiger partial charge in [-0.1, -0.05) is 6.07 Å². The van der Waals surface area contributed by atoms with E-state index in [4.69, 9.17) is 10.5 Å². The Kier molecular flexibility index (Phi) is 3.53. The first-order valence-electron chi connectivity index (χ1n) is 6.57. The van der Waals surface area contributed by atoms with Crippen molar-refractivity contribution in [3.8, 4) is 11.1 Å². The highest BCUT2D eigenvalue weighted by Gasteiger charge is 2.31. The number of halogens is 1. The van der Waals surface area contributed by atoms with Crippen LogP contribution in [-0.4, -0.2) is 30.3 Å². The summed E-state index contributed by atoms with van der Waals surface area (Å²) >= 11 is 0. The smallest absolute Gasteiger partial charge is 0.414 e. The van der Waals surface area contributed by atoms with Gasteiger partial charge in [0.15, 0.2) is 0 Å². The molecule has 5 nitrogen and oxygen atoms in total. The van der Waals surface area contributed by atoms with Gasteiger partial charge in [-0.05, 0) is 24.3 Å². The zero-order chi connectivity index (χ0) is 14.8. The molecule has 6 heteroatoms. The zero-order valence-electron chi connectivity index (χ0n) is 11.2. The minimum atomic E-state index is -0.501. The highest BCUT2D eigenvalue weighted by molar-refractivity contribution is 5.90. The average molecular weight is 287 g/mol. The van der Waals surface area contributed by atoms with Gasteiger partial charge in [0, 0.05) is 30.1 Å². The van der Waals surface area contributed by atoms with Gasteiger partial charge in [-0.25, -0.2) is 9.18 Å². The summed E-state index contributed by atoms with van der Waals surface area (Å²) in [5.74, 6) is -0.413. The molecule has 1 aliphatic rings. The molecule has 0 bridgehead atoms. The summed E-state index contributed by atoms with van der Waals surface area (Å²) in [5.41, 5.74) is 7.07. The predicted molar refractivity (Wildman–Crippen MR) is 76.3 cm³/mol. The second kappa shape index (κ2) is 5.49. The van der Waals surface area contributed by atoms with Crippen LogP contribution < -0.4 is 10.6 Å². The Morgan fingerprint density at radius 2 is 2.29 bits per heavy atom. The maximum Gasteiger partial charge on any atom is 0.414 e. The van der Waals surface area contributed by atoms with E-state index in [9.17, 15) is 9.18 Å². The molecule has 0 spiro atoms. The van der Waals surface area contributed by atoms with Crippen LogP contribution in [0.5, 0.6) is 0 Å². The van der Waals surface area contributed by atoms with Crippen LogP contribution in [-0.2, 0) is 4.74 Å². The molecule has 108 valence electrons. The molecule has 21 heavy (non-hydrogen) atoms. The summed E-state index contributed by atoms with van der Waals surface area (Å²) in [7, 11) is 0. The van der Waals surface area contributed by atoms with Crippen molar-refractivity contribution < 1.29 is 13.9 Å². The van der Waals surface area contributed by atoms with E-state index in [1.54, 1.807) is 36.7 Å². The van der Waals surface area contributed by atoms with Crippen molar-refractivity contribution >= 4 is 11.8 Å². The van der Waals surface area contributed by atoms with Gasteiger partial charge in [-0.15, -0.1) is 0 Å². The number of anilines is 1. The Labute approximate surface area is 121 Å². The summed E-state index contributed by atoms with van der Waals surface area (Å²) in [5, 5.41) is 0. The van der Waals surface area contributed by atoms with Gasteiger partial charge in [0.2, 0.25) is 0 Å². The van der Waals surface area contributed by atoms with Crippen molar-refractivity contribution in [1.29, 1.82) is 0 Å². The molecule has 1 aliphatic heterocycles. The van der Waals surface area contributed by atoms with Gasteiger partial charge in [0.05, 0.1) is 12.2 Å². The molecule has 1 aromatic heterocycles. The summed E-state index contributed by atoms with van der Waals surface area (Å²) in [6.07, 6.45) is 2.37. The number of ether oxygens (including phenoxy) is 1. The maximum atomic E-state index is 14.3. The van der Waals surface area contributed by atoms with E-state index >= 15 is 0 Å². The van der Waals surface area contributed by atoms with Crippen LogP contribution in [0.4, 0.5) is 14.9 Å². The highest BCUT2D eigenvalue weighted by Crippen LogP contribution is 2.28. The fourth-order valence-electron chi connectivity index (χ4n) is 2.28. The molecule has 2 heterocycles. The third-order valence-corrected chi connectivity index (χ3v) is 3.37. The number of cyclic esters (lactones) is 1. The van der Waals surface area contributed by atoms with Gasteiger partial charge < -0.3 is 10.5 Å². The Hall–Kier alpha value is -2.47. The largest absolute Gasteiger partial charge is 0.443 e. The maximum absolute atomic E-state index is 14.3. The minimum absolute atomic E-state index is 0.249. The quantitative estimate of drug-likeness (QED) is 0.939. The average Bonchev–Trinajstić information content (AvgIpc) is 2.89. The van der Waals surface area contributed by atoms with Crippen molar-refractivity contribution in [2.24, 2.45) is 5.73 Å². The number of benzene rings is 1. The van der Waals surface area contributed by atoms with Crippen LogP contribution in [0.3, 0.4) is 0 Å². The van der Waals surface area contributed by atoms with Gasteiger partial charge >= 0.3 is 6.09 Å². The van der Waals surface area contributed by atoms with Crippen LogP contribution in [0, 0.1) is 5.82 Å². The zero-order valence-corrected chi connectivity index (χ0v) is 11.2. The van der Waals surface area contributed by atoms with E-state index in [0.717, 1.165) is 0 Å². The number of nitrogens with two attached hydrogens (primary N) is 1. The first-order chi connectivity index (χ1) is 10.2. The van der Waals surface area contributed by atoms with Gasteiger partial charge in [0.25, 0.3) is 0 Å². The van der Waals surface area contributed by atoms with Crippen LogP contribution in [0.1, 0.15) is 0 Å². The molecule has 2 aromatic rings. The second-order valence-corrected chi connectivity index (χ2v) is 4.76. The monoisotopic (exact) mass is 287 g/mol. The summed E-state index contributed by atoms with van der Waals surface area (Å²) in [6.45, 7) is 0.583. The number of hydrogen-bond acceptors (Lipinski definition) is 4. The third-order valence-electron chi connectivity index (χ3n) is 3.37. The topological polar surface area (TPSA) is 68.5 Å². The number of nitrogens with zero attached hydrogens (tertiary/aromatic N) is 2. The second-order valence-electron chi connectivity index (χ2n) is 4.76. The molecule has 1 unspecified atom stereocenters.